The highest BCUT2D eigenvalue weighted by atomic mass is 79.9. The first-order valence-corrected chi connectivity index (χ1v) is 4.27. The van der Waals surface area contributed by atoms with E-state index in [0.717, 1.165) is 10.2 Å². The van der Waals surface area contributed by atoms with E-state index in [1.807, 2.05) is 14.0 Å². The summed E-state index contributed by atoms with van der Waals surface area (Å²) in [5, 5.41) is 0. The van der Waals surface area contributed by atoms with Gasteiger partial charge < -0.3 is 9.30 Å². The minimum atomic E-state index is -0.314. The van der Waals surface area contributed by atoms with Gasteiger partial charge in [-0.3, -0.25) is 0 Å². The number of esters is 1. The Morgan fingerprint density at radius 3 is 2.58 bits per heavy atom. The van der Waals surface area contributed by atoms with Crippen molar-refractivity contribution in [1.29, 1.82) is 0 Å². The Morgan fingerprint density at radius 1 is 1.67 bits per heavy atom. The number of hydrogen-bond donors (Lipinski definition) is 0. The zero-order chi connectivity index (χ0) is 9.30. The Hall–Kier alpha value is -0.770. The van der Waals surface area contributed by atoms with Crippen LogP contribution in [0.25, 0.3) is 0 Å². The van der Waals surface area contributed by atoms with Crippen molar-refractivity contribution in [3.05, 3.63) is 21.9 Å². The monoisotopic (exact) mass is 231 g/mol. The average Bonchev–Trinajstić information content (AvgIpc) is 2.32. The van der Waals surface area contributed by atoms with Crippen LogP contribution in [0.1, 0.15) is 16.1 Å². The number of nitrogens with zero attached hydrogens (tertiary/aromatic N) is 1. The Bertz CT molecular complexity index is 317. The molecule has 0 atom stereocenters. The van der Waals surface area contributed by atoms with Gasteiger partial charge in [-0.1, -0.05) is 0 Å². The maximum atomic E-state index is 11.1. The number of carbonyl (C=O) groups is 1. The van der Waals surface area contributed by atoms with Crippen LogP contribution in [0.15, 0.2) is 10.7 Å². The molecule has 0 aromatic carbocycles. The highest BCUT2D eigenvalue weighted by molar-refractivity contribution is 9.10. The van der Waals surface area contributed by atoms with E-state index in [0.29, 0.717) is 5.69 Å². The van der Waals surface area contributed by atoms with Crippen molar-refractivity contribution >= 4 is 21.9 Å². The number of aromatic nitrogens is 1. The normalized spacial score (nSPS) is 10.0. The molecule has 0 unspecified atom stereocenters. The Morgan fingerprint density at radius 2 is 2.25 bits per heavy atom. The lowest BCUT2D eigenvalue weighted by atomic mass is 10.3. The van der Waals surface area contributed by atoms with Gasteiger partial charge in [0.25, 0.3) is 0 Å². The molecular weight excluding hydrogens is 222 g/mol. The van der Waals surface area contributed by atoms with E-state index < -0.39 is 0 Å². The third-order valence-electron chi connectivity index (χ3n) is 1.73. The molecule has 12 heavy (non-hydrogen) atoms. The van der Waals surface area contributed by atoms with Gasteiger partial charge in [0.15, 0.2) is 0 Å². The number of ether oxygens (including phenoxy) is 1. The van der Waals surface area contributed by atoms with Gasteiger partial charge in [-0.25, -0.2) is 4.79 Å². The van der Waals surface area contributed by atoms with Crippen LogP contribution < -0.4 is 0 Å². The molecule has 0 radical (unpaired) electrons. The SMILES string of the molecule is COC(=O)c1cc(C)c(Br)n1C. The summed E-state index contributed by atoms with van der Waals surface area (Å²) in [7, 11) is 3.18. The van der Waals surface area contributed by atoms with Gasteiger partial charge in [-0.15, -0.1) is 0 Å². The van der Waals surface area contributed by atoms with Crippen molar-refractivity contribution in [3.63, 3.8) is 0 Å². The van der Waals surface area contributed by atoms with Crippen LogP contribution in [0.5, 0.6) is 0 Å². The molecule has 1 aromatic heterocycles. The first kappa shape index (κ1) is 9.32. The number of hydrogen-bond acceptors (Lipinski definition) is 2. The second-order valence-corrected chi connectivity index (χ2v) is 3.31. The van der Waals surface area contributed by atoms with Crippen LogP contribution in [0.3, 0.4) is 0 Å². The third-order valence-corrected chi connectivity index (χ3v) is 2.89. The molecule has 0 amide bonds. The van der Waals surface area contributed by atoms with Crippen molar-refractivity contribution in [2.24, 2.45) is 7.05 Å². The van der Waals surface area contributed by atoms with E-state index in [9.17, 15) is 4.79 Å². The quantitative estimate of drug-likeness (QED) is 0.692. The molecule has 1 rings (SSSR count). The zero-order valence-corrected chi connectivity index (χ0v) is 8.81. The Labute approximate surface area is 79.5 Å². The highest BCUT2D eigenvalue weighted by Crippen LogP contribution is 2.20. The third kappa shape index (κ3) is 1.39. The lowest BCUT2D eigenvalue weighted by molar-refractivity contribution is 0.0589. The van der Waals surface area contributed by atoms with Crippen LogP contribution in [-0.2, 0) is 11.8 Å². The van der Waals surface area contributed by atoms with E-state index in [4.69, 9.17) is 0 Å². The van der Waals surface area contributed by atoms with Gasteiger partial charge in [0.2, 0.25) is 0 Å². The molecule has 0 aliphatic heterocycles. The molecule has 1 aromatic rings. The Kier molecular flexibility index (Phi) is 2.57. The van der Waals surface area contributed by atoms with E-state index >= 15 is 0 Å². The van der Waals surface area contributed by atoms with Crippen LogP contribution in [-0.4, -0.2) is 17.6 Å². The number of halogens is 1. The van der Waals surface area contributed by atoms with Crippen molar-refractivity contribution in [2.45, 2.75) is 6.92 Å². The molecule has 1 heterocycles. The molecule has 66 valence electrons. The summed E-state index contributed by atoms with van der Waals surface area (Å²) < 4.78 is 7.26. The van der Waals surface area contributed by atoms with E-state index in [1.54, 1.807) is 10.6 Å². The van der Waals surface area contributed by atoms with Gasteiger partial charge in [0.05, 0.1) is 11.7 Å². The fraction of sp³-hybridized carbons (Fsp3) is 0.375. The second kappa shape index (κ2) is 3.31. The fourth-order valence-electron chi connectivity index (χ4n) is 1.03. The minimum Gasteiger partial charge on any atom is -0.464 e. The maximum absolute atomic E-state index is 11.1. The highest BCUT2D eigenvalue weighted by Gasteiger charge is 2.13. The zero-order valence-electron chi connectivity index (χ0n) is 7.22. The number of aryl methyl sites for hydroxylation is 1. The summed E-state index contributed by atoms with van der Waals surface area (Å²) in [6.45, 7) is 1.93. The predicted octanol–water partition coefficient (Wildman–Crippen LogP) is 1.88. The van der Waals surface area contributed by atoms with E-state index in [2.05, 4.69) is 20.7 Å². The second-order valence-electron chi connectivity index (χ2n) is 2.55. The average molecular weight is 232 g/mol. The molecule has 0 aliphatic carbocycles. The molecule has 0 saturated heterocycles. The fourth-order valence-corrected chi connectivity index (χ4v) is 1.34. The molecule has 0 spiro atoms. The summed E-state index contributed by atoms with van der Waals surface area (Å²) >= 11 is 3.35. The standard InChI is InChI=1S/C8H10BrNO2/c1-5-4-6(8(11)12-3)10(2)7(5)9/h4H,1-3H3. The van der Waals surface area contributed by atoms with Gasteiger partial charge in [-0.2, -0.15) is 0 Å². The molecule has 0 aliphatic rings. The summed E-state index contributed by atoms with van der Waals surface area (Å²) in [5.41, 5.74) is 1.58. The topological polar surface area (TPSA) is 31.2 Å². The van der Waals surface area contributed by atoms with E-state index in [-0.39, 0.29) is 5.97 Å². The van der Waals surface area contributed by atoms with Crippen LogP contribution >= 0.6 is 15.9 Å². The maximum Gasteiger partial charge on any atom is 0.354 e. The number of carbonyl (C=O) groups excluding carboxylic acids is 1. The van der Waals surface area contributed by atoms with Crippen LogP contribution in [0.2, 0.25) is 0 Å². The van der Waals surface area contributed by atoms with Crippen molar-refractivity contribution in [3.8, 4) is 0 Å². The number of methoxy groups -OCH3 is 1. The minimum absolute atomic E-state index is 0.314. The summed E-state index contributed by atoms with van der Waals surface area (Å²) in [4.78, 5) is 11.1. The first-order chi connectivity index (χ1) is 5.57. The van der Waals surface area contributed by atoms with E-state index in [1.165, 1.54) is 7.11 Å². The molecule has 4 heteroatoms. The van der Waals surface area contributed by atoms with Crippen molar-refractivity contribution in [2.75, 3.05) is 7.11 Å². The summed E-state index contributed by atoms with van der Waals surface area (Å²) in [6.07, 6.45) is 0. The molecule has 3 nitrogen and oxygen atoms in total. The lowest BCUT2D eigenvalue weighted by Gasteiger charge is -2.00. The van der Waals surface area contributed by atoms with Crippen molar-refractivity contribution < 1.29 is 9.53 Å². The molecule has 0 saturated carbocycles. The van der Waals surface area contributed by atoms with Crippen LogP contribution in [0.4, 0.5) is 0 Å². The summed E-state index contributed by atoms with van der Waals surface area (Å²) in [5.74, 6) is -0.314. The lowest BCUT2D eigenvalue weighted by Crippen LogP contribution is -2.07. The first-order valence-electron chi connectivity index (χ1n) is 3.48. The van der Waals surface area contributed by atoms with Gasteiger partial charge in [0.1, 0.15) is 5.69 Å². The van der Waals surface area contributed by atoms with Crippen LogP contribution in [0, 0.1) is 6.92 Å². The molecule has 0 fully saturated rings. The number of rotatable bonds is 1. The Balaban J connectivity index is 3.17. The molecular formula is C8H10BrNO2. The van der Waals surface area contributed by atoms with Crippen molar-refractivity contribution in [1.82, 2.24) is 4.57 Å². The largest absolute Gasteiger partial charge is 0.464 e. The smallest absolute Gasteiger partial charge is 0.354 e. The predicted molar refractivity (Wildman–Crippen MR) is 49.2 cm³/mol. The molecule has 0 N–H and O–H groups in total. The van der Waals surface area contributed by atoms with Gasteiger partial charge in [0, 0.05) is 7.05 Å². The van der Waals surface area contributed by atoms with Gasteiger partial charge in [-0.05, 0) is 34.5 Å². The molecule has 0 bridgehead atoms. The summed E-state index contributed by atoms with van der Waals surface area (Å²) in [6, 6.07) is 1.79. The van der Waals surface area contributed by atoms with Gasteiger partial charge >= 0.3 is 5.97 Å².